The number of carbonyl (C=O) groups is 1. The number of rotatable bonds is 6. The van der Waals surface area contributed by atoms with Gasteiger partial charge in [0.1, 0.15) is 21.7 Å². The summed E-state index contributed by atoms with van der Waals surface area (Å²) in [6.07, 6.45) is 1.56. The molecular weight excluding hydrogens is 461 g/mol. The number of halogens is 2. The Balaban J connectivity index is 1.89. The van der Waals surface area contributed by atoms with Crippen LogP contribution in [0.4, 0.5) is 5.00 Å². The van der Waals surface area contributed by atoms with Gasteiger partial charge in [-0.25, -0.2) is 9.78 Å². The first-order chi connectivity index (χ1) is 14.3. The lowest BCUT2D eigenvalue weighted by atomic mass is 10.1. The van der Waals surface area contributed by atoms with Gasteiger partial charge in [-0.1, -0.05) is 29.3 Å². The van der Waals surface area contributed by atoms with Crippen LogP contribution in [0.15, 0.2) is 29.8 Å². The van der Waals surface area contributed by atoms with E-state index in [1.807, 2.05) is 25.3 Å². The van der Waals surface area contributed by atoms with Crippen LogP contribution >= 0.6 is 45.9 Å². The van der Waals surface area contributed by atoms with Gasteiger partial charge in [-0.05, 0) is 38.5 Å². The van der Waals surface area contributed by atoms with Crippen LogP contribution < -0.4 is 5.32 Å². The molecule has 0 amide bonds. The van der Waals surface area contributed by atoms with Crippen LogP contribution in [0.5, 0.6) is 0 Å². The van der Waals surface area contributed by atoms with Gasteiger partial charge in [-0.15, -0.1) is 22.7 Å². The van der Waals surface area contributed by atoms with Gasteiger partial charge in [-0.3, -0.25) is 0 Å². The number of hydrogen-bond donors (Lipinski definition) is 1. The molecule has 3 aromatic rings. The average Bonchev–Trinajstić information content (AvgIpc) is 3.30. The molecule has 0 saturated carbocycles. The van der Waals surface area contributed by atoms with Gasteiger partial charge in [0.05, 0.1) is 27.9 Å². The van der Waals surface area contributed by atoms with Crippen molar-refractivity contribution in [1.29, 1.82) is 5.26 Å². The minimum absolute atomic E-state index is 0.294. The van der Waals surface area contributed by atoms with E-state index in [9.17, 15) is 10.1 Å². The van der Waals surface area contributed by atoms with Crippen LogP contribution in [0.25, 0.3) is 16.8 Å². The highest BCUT2D eigenvalue weighted by Gasteiger charge is 2.20. The molecule has 3 rings (SSSR count). The molecule has 2 aromatic heterocycles. The Bertz CT molecular complexity index is 1180. The van der Waals surface area contributed by atoms with Crippen molar-refractivity contribution in [1.82, 2.24) is 4.98 Å². The van der Waals surface area contributed by atoms with E-state index in [0.717, 1.165) is 16.0 Å². The molecule has 9 heteroatoms. The Kier molecular flexibility index (Phi) is 7.16. The zero-order valence-electron chi connectivity index (χ0n) is 16.4. The van der Waals surface area contributed by atoms with E-state index in [2.05, 4.69) is 16.4 Å². The Morgan fingerprint density at radius 2 is 2.10 bits per heavy atom. The molecule has 0 aliphatic rings. The molecule has 154 valence electrons. The van der Waals surface area contributed by atoms with Crippen molar-refractivity contribution in [3.63, 3.8) is 0 Å². The average molecular weight is 478 g/mol. The predicted molar refractivity (Wildman–Crippen MR) is 125 cm³/mol. The Labute approximate surface area is 192 Å². The second-order valence-electron chi connectivity index (χ2n) is 6.19. The minimum Gasteiger partial charge on any atom is -0.462 e. The maximum absolute atomic E-state index is 12.3. The van der Waals surface area contributed by atoms with E-state index in [1.165, 1.54) is 22.7 Å². The highest BCUT2D eigenvalue weighted by molar-refractivity contribution is 7.16. The van der Waals surface area contributed by atoms with Gasteiger partial charge in [0.2, 0.25) is 0 Å². The van der Waals surface area contributed by atoms with Crippen molar-refractivity contribution in [3.8, 4) is 17.3 Å². The predicted octanol–water partition coefficient (Wildman–Crippen LogP) is 6.95. The Morgan fingerprint density at radius 3 is 2.77 bits per heavy atom. The number of ether oxygens (including phenoxy) is 1. The van der Waals surface area contributed by atoms with E-state index in [1.54, 1.807) is 25.3 Å². The number of anilines is 1. The molecule has 5 nitrogen and oxygen atoms in total. The Morgan fingerprint density at radius 1 is 1.33 bits per heavy atom. The van der Waals surface area contributed by atoms with Crippen molar-refractivity contribution >= 4 is 62.4 Å². The Hall–Kier alpha value is -2.37. The number of allylic oxidation sites excluding steroid dienone is 1. The lowest BCUT2D eigenvalue weighted by Crippen LogP contribution is -2.07. The van der Waals surface area contributed by atoms with Crippen molar-refractivity contribution < 1.29 is 9.53 Å². The van der Waals surface area contributed by atoms with Crippen LogP contribution in [-0.2, 0) is 4.74 Å². The molecule has 1 aromatic carbocycles. The number of thiophene rings is 1. The molecule has 0 spiro atoms. The summed E-state index contributed by atoms with van der Waals surface area (Å²) in [4.78, 5) is 17.9. The third kappa shape index (κ3) is 4.68. The number of nitriles is 1. The van der Waals surface area contributed by atoms with E-state index >= 15 is 0 Å². The van der Waals surface area contributed by atoms with Gasteiger partial charge < -0.3 is 10.1 Å². The van der Waals surface area contributed by atoms with Crippen LogP contribution in [0.3, 0.4) is 0 Å². The van der Waals surface area contributed by atoms with Gasteiger partial charge >= 0.3 is 5.97 Å². The van der Waals surface area contributed by atoms with E-state index in [4.69, 9.17) is 27.9 Å². The molecule has 0 unspecified atom stereocenters. The van der Waals surface area contributed by atoms with Crippen molar-refractivity contribution in [2.75, 3.05) is 11.9 Å². The highest BCUT2D eigenvalue weighted by atomic mass is 35.5. The number of carbonyl (C=O) groups excluding carboxylic acids is 1. The molecule has 2 heterocycles. The standard InChI is InChI=1S/C21H17Cl2N3O2S2/c1-4-28-21(27)18-11(2)12(3)30-20(18)25-9-14(8-24)19-26-17(10-29-19)13-5-6-15(22)16(23)7-13/h5-7,9-10,25H,4H2,1-3H3/b14-9-. The fourth-order valence-electron chi connectivity index (χ4n) is 2.64. The number of aryl methyl sites for hydroxylation is 1. The third-order valence-corrected chi connectivity index (χ3v) is 7.04. The third-order valence-electron chi connectivity index (χ3n) is 4.28. The van der Waals surface area contributed by atoms with Crippen LogP contribution in [-0.4, -0.2) is 17.6 Å². The molecule has 0 aliphatic carbocycles. The molecule has 0 atom stereocenters. The maximum Gasteiger partial charge on any atom is 0.341 e. The van der Waals surface area contributed by atoms with E-state index in [0.29, 0.717) is 43.5 Å². The zero-order valence-corrected chi connectivity index (χ0v) is 19.5. The first-order valence-electron chi connectivity index (χ1n) is 8.90. The summed E-state index contributed by atoms with van der Waals surface area (Å²) < 4.78 is 5.16. The fourth-order valence-corrected chi connectivity index (χ4v) is 4.75. The van der Waals surface area contributed by atoms with Crippen molar-refractivity contribution in [2.45, 2.75) is 20.8 Å². The topological polar surface area (TPSA) is 75.0 Å². The highest BCUT2D eigenvalue weighted by Crippen LogP contribution is 2.34. The maximum atomic E-state index is 12.3. The second kappa shape index (κ2) is 9.63. The monoisotopic (exact) mass is 477 g/mol. The smallest absolute Gasteiger partial charge is 0.341 e. The summed E-state index contributed by atoms with van der Waals surface area (Å²) in [6.45, 7) is 5.87. The molecule has 0 aliphatic heterocycles. The summed E-state index contributed by atoms with van der Waals surface area (Å²) in [5.41, 5.74) is 3.22. The molecule has 0 bridgehead atoms. The molecule has 0 radical (unpaired) electrons. The van der Waals surface area contributed by atoms with E-state index < -0.39 is 0 Å². The number of hydrogen-bond acceptors (Lipinski definition) is 7. The summed E-state index contributed by atoms with van der Waals surface area (Å²) in [5.74, 6) is -0.384. The molecule has 0 fully saturated rings. The summed E-state index contributed by atoms with van der Waals surface area (Å²) in [5, 5.41) is 16.7. The second-order valence-corrected chi connectivity index (χ2v) is 9.09. The number of thiazole rings is 1. The summed E-state index contributed by atoms with van der Waals surface area (Å²) in [6, 6.07) is 7.42. The summed E-state index contributed by atoms with van der Waals surface area (Å²) >= 11 is 14.8. The van der Waals surface area contributed by atoms with Gasteiger partial charge in [-0.2, -0.15) is 5.26 Å². The van der Waals surface area contributed by atoms with Gasteiger partial charge in [0.25, 0.3) is 0 Å². The number of nitrogens with zero attached hydrogens (tertiary/aromatic N) is 2. The SMILES string of the molecule is CCOC(=O)c1c(N/C=C(/C#N)c2nc(-c3ccc(Cl)c(Cl)c3)cs2)sc(C)c1C. The van der Waals surface area contributed by atoms with Crippen LogP contribution in [0.2, 0.25) is 10.0 Å². The molecule has 1 N–H and O–H groups in total. The van der Waals surface area contributed by atoms with Gasteiger partial charge in [0.15, 0.2) is 0 Å². The number of esters is 1. The molecule has 0 saturated heterocycles. The molecule has 30 heavy (non-hydrogen) atoms. The van der Waals surface area contributed by atoms with Crippen molar-refractivity contribution in [2.24, 2.45) is 0 Å². The first-order valence-corrected chi connectivity index (χ1v) is 11.4. The number of aromatic nitrogens is 1. The zero-order chi connectivity index (χ0) is 21.8. The van der Waals surface area contributed by atoms with Crippen LogP contribution in [0, 0.1) is 25.2 Å². The lowest BCUT2D eigenvalue weighted by molar-refractivity contribution is 0.0527. The van der Waals surface area contributed by atoms with Crippen molar-refractivity contribution in [3.05, 3.63) is 60.8 Å². The van der Waals surface area contributed by atoms with Gasteiger partial charge in [0, 0.05) is 22.0 Å². The number of nitrogens with one attached hydrogen (secondary N) is 1. The fraction of sp³-hybridized carbons (Fsp3) is 0.190. The quantitative estimate of drug-likeness (QED) is 0.307. The normalized spacial score (nSPS) is 11.3. The van der Waals surface area contributed by atoms with E-state index in [-0.39, 0.29) is 5.97 Å². The van der Waals surface area contributed by atoms with Crippen LogP contribution in [0.1, 0.15) is 32.7 Å². The summed E-state index contributed by atoms with van der Waals surface area (Å²) in [7, 11) is 0. The lowest BCUT2D eigenvalue weighted by Gasteiger charge is -2.05. The molecular formula is C21H17Cl2N3O2S2. The first kappa shape index (κ1) is 22.3. The number of benzene rings is 1. The largest absolute Gasteiger partial charge is 0.462 e. The minimum atomic E-state index is -0.384.